The smallest absolute Gasteiger partial charge is 0.0563 e. The van der Waals surface area contributed by atoms with Crippen LogP contribution in [0.15, 0.2) is 0 Å². The predicted octanol–water partition coefficient (Wildman–Crippen LogP) is 3.89. The molecule has 0 spiro atoms. The fourth-order valence-electron chi connectivity index (χ4n) is 3.11. The van der Waals surface area contributed by atoms with E-state index in [4.69, 9.17) is 4.52 Å². The summed E-state index contributed by atoms with van der Waals surface area (Å²) in [5.74, 6) is 2.43. The van der Waals surface area contributed by atoms with Crippen molar-refractivity contribution >= 4 is 9.47 Å². The van der Waals surface area contributed by atoms with Crippen LogP contribution in [-0.2, 0) is 4.52 Å². The average molecular weight is 216 g/mol. The van der Waals surface area contributed by atoms with Crippen molar-refractivity contribution in [3.05, 3.63) is 0 Å². The first kappa shape index (κ1) is 12.5. The van der Waals surface area contributed by atoms with Gasteiger partial charge in [-0.1, -0.05) is 34.1 Å². The minimum absolute atomic E-state index is 0.425. The Morgan fingerprint density at radius 2 is 2.07 bits per heavy atom. The quantitative estimate of drug-likeness (QED) is 0.650. The summed E-state index contributed by atoms with van der Waals surface area (Å²) in [5, 5.41) is 0. The van der Waals surface area contributed by atoms with E-state index >= 15 is 0 Å². The molecule has 0 aromatic rings. The van der Waals surface area contributed by atoms with E-state index in [0.29, 0.717) is 5.41 Å². The molecule has 84 valence electrons. The third-order valence-electron chi connectivity index (χ3n) is 4.34. The lowest BCUT2D eigenvalue weighted by Gasteiger charge is -2.47. The number of hydrogen-bond acceptors (Lipinski definition) is 1. The Balaban J connectivity index is 2.75. The van der Waals surface area contributed by atoms with E-state index in [1.807, 2.05) is 0 Å². The molecule has 1 aliphatic rings. The van der Waals surface area contributed by atoms with Crippen molar-refractivity contribution in [1.82, 2.24) is 0 Å². The topological polar surface area (TPSA) is 9.23 Å². The zero-order chi connectivity index (χ0) is 10.8. The van der Waals surface area contributed by atoms with Crippen LogP contribution in [-0.4, -0.2) is 6.61 Å². The number of hydrogen-bond donors (Lipinski definition) is 0. The van der Waals surface area contributed by atoms with Crippen LogP contribution in [0.2, 0.25) is 0 Å². The summed E-state index contributed by atoms with van der Waals surface area (Å²) in [6, 6.07) is 0. The lowest BCUT2D eigenvalue weighted by molar-refractivity contribution is -0.00851. The molecule has 0 N–H and O–H groups in total. The summed E-state index contributed by atoms with van der Waals surface area (Å²) in [4.78, 5) is 0. The van der Waals surface area contributed by atoms with Crippen LogP contribution in [0, 0.1) is 23.2 Å². The molecule has 0 amide bonds. The van der Waals surface area contributed by atoms with E-state index in [9.17, 15) is 0 Å². The second kappa shape index (κ2) is 4.94. The third kappa shape index (κ3) is 2.31. The Bertz CT molecular complexity index is 181. The lowest BCUT2D eigenvalue weighted by atomic mass is 9.59. The van der Waals surface area contributed by atoms with Crippen LogP contribution in [0.4, 0.5) is 0 Å². The molecule has 0 aromatic carbocycles. The van der Waals surface area contributed by atoms with Gasteiger partial charge in [0.05, 0.1) is 6.61 Å². The molecule has 1 fully saturated rings. The van der Waals surface area contributed by atoms with Gasteiger partial charge in [0.2, 0.25) is 0 Å². The zero-order valence-electron chi connectivity index (χ0n) is 10.0. The molecule has 0 saturated heterocycles. The van der Waals surface area contributed by atoms with Gasteiger partial charge in [-0.25, -0.2) is 0 Å². The van der Waals surface area contributed by atoms with E-state index in [0.717, 1.165) is 24.4 Å². The molecule has 4 atom stereocenters. The first-order valence-electron chi connectivity index (χ1n) is 5.84. The molecule has 0 heterocycles. The molecule has 0 radical (unpaired) electrons. The van der Waals surface area contributed by atoms with Gasteiger partial charge in [-0.05, 0) is 36.0 Å². The van der Waals surface area contributed by atoms with Crippen LogP contribution in [0.1, 0.15) is 47.0 Å². The standard InChI is InChI=1S/C12H25OP/c1-9(2)12(8-13-14)6-5-10(3)7-11(12)4/h9-11H,5-8,14H2,1-4H3. The lowest BCUT2D eigenvalue weighted by Crippen LogP contribution is -2.42. The van der Waals surface area contributed by atoms with E-state index in [1.54, 1.807) is 0 Å². The summed E-state index contributed by atoms with van der Waals surface area (Å²) >= 11 is 0. The molecule has 2 heteroatoms. The van der Waals surface area contributed by atoms with Crippen molar-refractivity contribution in [2.75, 3.05) is 6.61 Å². The Kier molecular flexibility index (Phi) is 4.40. The van der Waals surface area contributed by atoms with Crippen molar-refractivity contribution < 1.29 is 4.52 Å². The largest absolute Gasteiger partial charge is 0.365 e. The first-order chi connectivity index (χ1) is 6.53. The first-order valence-corrected chi connectivity index (χ1v) is 6.31. The summed E-state index contributed by atoms with van der Waals surface area (Å²) < 4.78 is 5.37. The molecule has 0 bridgehead atoms. The fourth-order valence-corrected chi connectivity index (χ4v) is 3.42. The van der Waals surface area contributed by atoms with Crippen molar-refractivity contribution in [2.24, 2.45) is 23.2 Å². The second-order valence-corrected chi connectivity index (χ2v) is 5.81. The summed E-state index contributed by atoms with van der Waals surface area (Å²) in [7, 11) is 2.41. The van der Waals surface area contributed by atoms with Gasteiger partial charge < -0.3 is 4.52 Å². The Morgan fingerprint density at radius 1 is 1.43 bits per heavy atom. The minimum Gasteiger partial charge on any atom is -0.365 e. The highest BCUT2D eigenvalue weighted by Gasteiger charge is 2.42. The molecule has 4 unspecified atom stereocenters. The van der Waals surface area contributed by atoms with Crippen LogP contribution < -0.4 is 0 Å². The molecule has 1 nitrogen and oxygen atoms in total. The Hall–Kier alpha value is 0.390. The van der Waals surface area contributed by atoms with Crippen LogP contribution >= 0.6 is 9.47 Å². The molecule has 1 saturated carbocycles. The molecular formula is C12H25OP. The summed E-state index contributed by atoms with van der Waals surface area (Å²) in [6.07, 6.45) is 4.07. The second-order valence-electron chi connectivity index (χ2n) is 5.48. The monoisotopic (exact) mass is 216 g/mol. The van der Waals surface area contributed by atoms with Gasteiger partial charge in [-0.2, -0.15) is 0 Å². The van der Waals surface area contributed by atoms with Crippen molar-refractivity contribution in [3.8, 4) is 0 Å². The Labute approximate surface area is 91.3 Å². The van der Waals surface area contributed by atoms with Gasteiger partial charge in [-0.3, -0.25) is 0 Å². The number of rotatable bonds is 3. The zero-order valence-corrected chi connectivity index (χ0v) is 11.2. The van der Waals surface area contributed by atoms with E-state index in [-0.39, 0.29) is 0 Å². The van der Waals surface area contributed by atoms with Gasteiger partial charge in [0.25, 0.3) is 0 Å². The van der Waals surface area contributed by atoms with Gasteiger partial charge >= 0.3 is 0 Å². The molecule has 0 aliphatic heterocycles. The highest BCUT2D eigenvalue weighted by Crippen LogP contribution is 2.48. The van der Waals surface area contributed by atoms with E-state index in [1.165, 1.54) is 19.3 Å². The normalized spacial score (nSPS) is 39.0. The van der Waals surface area contributed by atoms with E-state index < -0.39 is 0 Å². The maximum atomic E-state index is 5.37. The Morgan fingerprint density at radius 3 is 2.50 bits per heavy atom. The molecule has 1 aliphatic carbocycles. The fraction of sp³-hybridized carbons (Fsp3) is 1.00. The van der Waals surface area contributed by atoms with Gasteiger partial charge in [0.15, 0.2) is 0 Å². The maximum absolute atomic E-state index is 5.37. The third-order valence-corrected chi connectivity index (χ3v) is 4.51. The highest BCUT2D eigenvalue weighted by atomic mass is 31.0. The SMILES string of the molecule is CC1CCC(COP)(C(C)C)C(C)C1. The van der Waals surface area contributed by atoms with E-state index in [2.05, 4.69) is 37.2 Å². The molecule has 14 heavy (non-hydrogen) atoms. The van der Waals surface area contributed by atoms with Crippen molar-refractivity contribution in [1.29, 1.82) is 0 Å². The van der Waals surface area contributed by atoms with Crippen LogP contribution in [0.3, 0.4) is 0 Å². The van der Waals surface area contributed by atoms with Gasteiger partial charge in [0, 0.05) is 9.47 Å². The average Bonchev–Trinajstić information content (AvgIpc) is 2.10. The minimum atomic E-state index is 0.425. The molecular weight excluding hydrogens is 191 g/mol. The molecule has 1 rings (SSSR count). The summed E-state index contributed by atoms with van der Waals surface area (Å²) in [6.45, 7) is 10.4. The highest BCUT2D eigenvalue weighted by molar-refractivity contribution is 7.09. The van der Waals surface area contributed by atoms with Crippen LogP contribution in [0.25, 0.3) is 0 Å². The van der Waals surface area contributed by atoms with Crippen molar-refractivity contribution in [3.63, 3.8) is 0 Å². The van der Waals surface area contributed by atoms with Gasteiger partial charge in [-0.15, -0.1) is 0 Å². The maximum Gasteiger partial charge on any atom is 0.0563 e. The van der Waals surface area contributed by atoms with Gasteiger partial charge in [0.1, 0.15) is 0 Å². The van der Waals surface area contributed by atoms with Crippen LogP contribution in [0.5, 0.6) is 0 Å². The molecule has 0 aromatic heterocycles. The summed E-state index contributed by atoms with van der Waals surface area (Å²) in [5.41, 5.74) is 0.425. The predicted molar refractivity (Wildman–Crippen MR) is 65.1 cm³/mol. The van der Waals surface area contributed by atoms with Crippen molar-refractivity contribution in [2.45, 2.75) is 47.0 Å².